The van der Waals surface area contributed by atoms with Gasteiger partial charge in [0.15, 0.2) is 5.82 Å². The summed E-state index contributed by atoms with van der Waals surface area (Å²) in [4.78, 5) is 16.0. The molecule has 7 heteroatoms. The monoisotopic (exact) mass is 360 g/mol. The molecule has 0 fully saturated rings. The van der Waals surface area contributed by atoms with Gasteiger partial charge >= 0.3 is 0 Å². The number of carbonyl (C=O) groups is 1. The largest absolute Gasteiger partial charge is 0.318 e. The van der Waals surface area contributed by atoms with Crippen LogP contribution < -0.4 is 5.32 Å². The maximum Gasteiger partial charge on any atom is 0.258 e. The highest BCUT2D eigenvalue weighted by Crippen LogP contribution is 2.28. The number of nitrogens with one attached hydrogen (secondary N) is 1. The summed E-state index contributed by atoms with van der Waals surface area (Å²) < 4.78 is 26.7. The molecule has 0 aliphatic rings. The van der Waals surface area contributed by atoms with Crippen molar-refractivity contribution in [1.29, 1.82) is 0 Å². The van der Waals surface area contributed by atoms with Gasteiger partial charge in [-0.1, -0.05) is 11.6 Å². The number of benzene rings is 1. The summed E-state index contributed by atoms with van der Waals surface area (Å²) in [6.07, 6.45) is 1.29. The van der Waals surface area contributed by atoms with E-state index in [2.05, 4.69) is 26.2 Å². The number of hydrogen-bond donors (Lipinski definition) is 1. The van der Waals surface area contributed by atoms with Crippen LogP contribution in [0.15, 0.2) is 28.9 Å². The molecular formula is C13H8BrClF2N2O. The van der Waals surface area contributed by atoms with Gasteiger partial charge in [-0.3, -0.25) is 9.78 Å². The fourth-order valence-corrected chi connectivity index (χ4v) is 2.34. The van der Waals surface area contributed by atoms with Gasteiger partial charge < -0.3 is 5.32 Å². The van der Waals surface area contributed by atoms with Gasteiger partial charge in [0.2, 0.25) is 0 Å². The standard InChI is InChI=1S/C13H8BrClF2N2O/c1-6-2-10(15)8(5-18-6)13(20)19-12-9(14)3-7(16)4-11(12)17/h2-5H,1H3,(H,19,20). The molecule has 20 heavy (non-hydrogen) atoms. The molecule has 0 bridgehead atoms. The number of amides is 1. The Balaban J connectivity index is 2.33. The Morgan fingerprint density at radius 1 is 1.35 bits per heavy atom. The van der Waals surface area contributed by atoms with Crippen LogP contribution in [0, 0.1) is 18.6 Å². The summed E-state index contributed by atoms with van der Waals surface area (Å²) in [5.74, 6) is -2.27. The van der Waals surface area contributed by atoms with Crippen LogP contribution in [0.3, 0.4) is 0 Å². The van der Waals surface area contributed by atoms with Crippen molar-refractivity contribution in [3.63, 3.8) is 0 Å². The van der Waals surface area contributed by atoms with Crippen molar-refractivity contribution in [3.05, 3.63) is 56.8 Å². The van der Waals surface area contributed by atoms with Gasteiger partial charge in [0.05, 0.1) is 16.3 Å². The average Bonchev–Trinajstić information content (AvgIpc) is 2.33. The number of halogens is 4. The lowest BCUT2D eigenvalue weighted by Gasteiger charge is -2.10. The number of aromatic nitrogens is 1. The normalized spacial score (nSPS) is 10.4. The second-order valence-electron chi connectivity index (χ2n) is 4.00. The van der Waals surface area contributed by atoms with E-state index in [1.54, 1.807) is 6.92 Å². The maximum atomic E-state index is 13.6. The van der Waals surface area contributed by atoms with Crippen LogP contribution in [0.25, 0.3) is 0 Å². The van der Waals surface area contributed by atoms with Crippen LogP contribution in [-0.2, 0) is 0 Å². The van der Waals surface area contributed by atoms with Gasteiger partial charge in [0, 0.05) is 22.4 Å². The molecule has 0 aliphatic heterocycles. The molecule has 0 aliphatic carbocycles. The number of rotatable bonds is 2. The lowest BCUT2D eigenvalue weighted by atomic mass is 10.2. The molecular weight excluding hydrogens is 354 g/mol. The van der Waals surface area contributed by atoms with E-state index in [-0.39, 0.29) is 20.7 Å². The highest BCUT2D eigenvalue weighted by atomic mass is 79.9. The zero-order valence-corrected chi connectivity index (χ0v) is 12.5. The SMILES string of the molecule is Cc1cc(Cl)c(C(=O)Nc2c(F)cc(F)cc2Br)cn1. The zero-order chi connectivity index (χ0) is 14.9. The number of carbonyl (C=O) groups excluding carboxylic acids is 1. The van der Waals surface area contributed by atoms with Crippen molar-refractivity contribution >= 4 is 39.1 Å². The third kappa shape index (κ3) is 3.13. The number of pyridine rings is 1. The van der Waals surface area contributed by atoms with Gasteiger partial charge in [-0.15, -0.1) is 0 Å². The molecule has 0 atom stereocenters. The van der Waals surface area contributed by atoms with Crippen molar-refractivity contribution in [2.45, 2.75) is 6.92 Å². The summed E-state index contributed by atoms with van der Waals surface area (Å²) >= 11 is 8.91. The lowest BCUT2D eigenvalue weighted by Crippen LogP contribution is -2.14. The molecule has 1 N–H and O–H groups in total. The van der Waals surface area contributed by atoms with E-state index in [9.17, 15) is 13.6 Å². The van der Waals surface area contributed by atoms with E-state index >= 15 is 0 Å². The molecule has 0 saturated heterocycles. The average molecular weight is 362 g/mol. The summed E-state index contributed by atoms with van der Waals surface area (Å²) in [5, 5.41) is 2.53. The first-order valence-electron chi connectivity index (χ1n) is 5.46. The van der Waals surface area contributed by atoms with Crippen molar-refractivity contribution < 1.29 is 13.6 Å². The van der Waals surface area contributed by atoms with Crippen molar-refractivity contribution in [2.75, 3.05) is 5.32 Å². The summed E-state index contributed by atoms with van der Waals surface area (Å²) in [7, 11) is 0. The Morgan fingerprint density at radius 2 is 2.05 bits per heavy atom. The highest BCUT2D eigenvalue weighted by molar-refractivity contribution is 9.10. The second kappa shape index (κ2) is 5.85. The maximum absolute atomic E-state index is 13.6. The van der Waals surface area contributed by atoms with Gasteiger partial charge in [0.25, 0.3) is 5.91 Å². The number of nitrogens with zero attached hydrogens (tertiary/aromatic N) is 1. The molecule has 2 aromatic rings. The van der Waals surface area contributed by atoms with Gasteiger partial charge in [-0.2, -0.15) is 0 Å². The molecule has 2 rings (SSSR count). The quantitative estimate of drug-likeness (QED) is 0.865. The summed E-state index contributed by atoms with van der Waals surface area (Å²) in [5.41, 5.74) is 0.599. The molecule has 1 aromatic carbocycles. The highest BCUT2D eigenvalue weighted by Gasteiger charge is 2.16. The van der Waals surface area contributed by atoms with Crippen LogP contribution in [0.4, 0.5) is 14.5 Å². The minimum absolute atomic E-state index is 0.0968. The third-order valence-electron chi connectivity index (χ3n) is 2.48. The molecule has 1 aromatic heterocycles. The van der Waals surface area contributed by atoms with Crippen LogP contribution >= 0.6 is 27.5 Å². The van der Waals surface area contributed by atoms with Gasteiger partial charge in [0.1, 0.15) is 5.82 Å². The Bertz CT molecular complexity index is 671. The van der Waals surface area contributed by atoms with Gasteiger partial charge in [-0.25, -0.2) is 8.78 Å². The van der Waals surface area contributed by atoms with E-state index in [1.165, 1.54) is 12.3 Å². The number of aryl methyl sites for hydroxylation is 1. The predicted molar refractivity (Wildman–Crippen MR) is 76.0 cm³/mol. The molecule has 0 spiro atoms. The van der Waals surface area contributed by atoms with E-state index < -0.39 is 17.5 Å². The van der Waals surface area contributed by atoms with Crippen LogP contribution in [-0.4, -0.2) is 10.9 Å². The first-order valence-corrected chi connectivity index (χ1v) is 6.63. The zero-order valence-electron chi connectivity index (χ0n) is 10.2. The van der Waals surface area contributed by atoms with Crippen molar-refractivity contribution in [3.8, 4) is 0 Å². The molecule has 0 radical (unpaired) electrons. The first-order chi connectivity index (χ1) is 9.38. The molecule has 104 valence electrons. The molecule has 1 amide bonds. The van der Waals surface area contributed by atoms with Crippen LogP contribution in [0.1, 0.15) is 16.1 Å². The molecule has 1 heterocycles. The van der Waals surface area contributed by atoms with Crippen molar-refractivity contribution in [2.24, 2.45) is 0 Å². The smallest absolute Gasteiger partial charge is 0.258 e. The third-order valence-corrected chi connectivity index (χ3v) is 3.42. The van der Waals surface area contributed by atoms with E-state index in [4.69, 9.17) is 11.6 Å². The number of hydrogen-bond acceptors (Lipinski definition) is 2. The Kier molecular flexibility index (Phi) is 4.35. The molecule has 0 unspecified atom stereocenters. The summed E-state index contributed by atoms with van der Waals surface area (Å²) in [6.45, 7) is 1.73. The Morgan fingerprint density at radius 3 is 2.65 bits per heavy atom. The second-order valence-corrected chi connectivity index (χ2v) is 5.27. The topological polar surface area (TPSA) is 42.0 Å². The lowest BCUT2D eigenvalue weighted by molar-refractivity contribution is 0.102. The first kappa shape index (κ1) is 14.9. The van der Waals surface area contributed by atoms with E-state index in [0.29, 0.717) is 11.8 Å². The van der Waals surface area contributed by atoms with Gasteiger partial charge in [-0.05, 0) is 35.0 Å². The fourth-order valence-electron chi connectivity index (χ4n) is 1.54. The Hall–Kier alpha value is -1.53. The van der Waals surface area contributed by atoms with Crippen LogP contribution in [0.5, 0.6) is 0 Å². The van der Waals surface area contributed by atoms with E-state index in [0.717, 1.165) is 6.07 Å². The summed E-state index contributed by atoms with van der Waals surface area (Å²) in [6, 6.07) is 3.25. The van der Waals surface area contributed by atoms with Crippen LogP contribution in [0.2, 0.25) is 5.02 Å². The predicted octanol–water partition coefficient (Wildman–Crippen LogP) is 4.34. The van der Waals surface area contributed by atoms with Crippen molar-refractivity contribution in [1.82, 2.24) is 4.98 Å². The minimum atomic E-state index is -0.888. The molecule has 0 saturated carbocycles. The van der Waals surface area contributed by atoms with E-state index in [1.807, 2.05) is 0 Å². The minimum Gasteiger partial charge on any atom is -0.318 e. The Labute approximate surface area is 127 Å². The molecule has 3 nitrogen and oxygen atoms in total. The number of anilines is 1. The fraction of sp³-hybridized carbons (Fsp3) is 0.0769.